The molecule has 2 aromatic carbocycles. The number of benzene rings is 2. The van der Waals surface area contributed by atoms with Gasteiger partial charge in [0.15, 0.2) is 5.17 Å². The van der Waals surface area contributed by atoms with E-state index in [9.17, 15) is 9.90 Å². The predicted molar refractivity (Wildman–Crippen MR) is 91.9 cm³/mol. The van der Waals surface area contributed by atoms with Crippen molar-refractivity contribution in [3.8, 4) is 11.5 Å². The number of aliphatic imine (C=N–C) groups is 1. The number of rotatable bonds is 3. The summed E-state index contributed by atoms with van der Waals surface area (Å²) in [7, 11) is 1.59. The molecule has 2 N–H and O–H groups in total. The Labute approximate surface area is 137 Å². The Balaban J connectivity index is 1.85. The zero-order chi connectivity index (χ0) is 16.2. The van der Waals surface area contributed by atoms with E-state index in [1.807, 2.05) is 24.3 Å². The van der Waals surface area contributed by atoms with Gasteiger partial charge in [-0.15, -0.1) is 0 Å². The summed E-state index contributed by atoms with van der Waals surface area (Å²) in [5.74, 6) is 0.685. The fourth-order valence-corrected chi connectivity index (χ4v) is 2.88. The highest BCUT2D eigenvalue weighted by Gasteiger charge is 2.24. The number of nitrogens with one attached hydrogen (secondary N) is 1. The van der Waals surface area contributed by atoms with Crippen LogP contribution in [0.1, 0.15) is 5.56 Å². The second kappa shape index (κ2) is 6.58. The van der Waals surface area contributed by atoms with Crippen LogP contribution in [-0.4, -0.2) is 23.3 Å². The number of hydrogen-bond donors (Lipinski definition) is 2. The van der Waals surface area contributed by atoms with Gasteiger partial charge in [0.2, 0.25) is 0 Å². The van der Waals surface area contributed by atoms with Crippen molar-refractivity contribution in [2.24, 2.45) is 4.99 Å². The first-order valence-corrected chi connectivity index (χ1v) is 7.69. The highest BCUT2D eigenvalue weighted by atomic mass is 32.2. The Morgan fingerprint density at radius 3 is 2.65 bits per heavy atom. The summed E-state index contributed by atoms with van der Waals surface area (Å²) in [6.07, 6.45) is 1.78. The highest BCUT2D eigenvalue weighted by molar-refractivity contribution is 8.18. The Hall–Kier alpha value is -2.73. The van der Waals surface area contributed by atoms with Crippen LogP contribution in [0.3, 0.4) is 0 Å². The molecule has 0 aromatic heterocycles. The fraction of sp³-hybridized carbons (Fsp3) is 0.0588. The molecule has 0 bridgehead atoms. The highest BCUT2D eigenvalue weighted by Crippen LogP contribution is 2.30. The van der Waals surface area contributed by atoms with Crippen LogP contribution >= 0.6 is 11.8 Å². The first kappa shape index (κ1) is 15.2. The summed E-state index contributed by atoms with van der Waals surface area (Å²) < 4.78 is 5.29. The van der Waals surface area contributed by atoms with Gasteiger partial charge in [-0.2, -0.15) is 0 Å². The molecule has 1 saturated heterocycles. The van der Waals surface area contributed by atoms with Gasteiger partial charge in [-0.3, -0.25) is 4.79 Å². The van der Waals surface area contributed by atoms with E-state index in [-0.39, 0.29) is 11.7 Å². The van der Waals surface area contributed by atoms with E-state index in [0.717, 1.165) is 5.56 Å². The van der Waals surface area contributed by atoms with Crippen LogP contribution in [0.15, 0.2) is 58.4 Å². The van der Waals surface area contributed by atoms with Gasteiger partial charge in [-0.1, -0.05) is 18.2 Å². The summed E-state index contributed by atoms with van der Waals surface area (Å²) in [4.78, 5) is 17.0. The number of amidine groups is 1. The topological polar surface area (TPSA) is 70.9 Å². The molecule has 1 fully saturated rings. The van der Waals surface area contributed by atoms with Crippen LogP contribution in [0, 0.1) is 0 Å². The molecule has 116 valence electrons. The lowest BCUT2D eigenvalue weighted by Crippen LogP contribution is -2.19. The number of ether oxygens (including phenoxy) is 1. The Kier molecular flexibility index (Phi) is 4.34. The van der Waals surface area contributed by atoms with Gasteiger partial charge in [-0.05, 0) is 48.2 Å². The average Bonchev–Trinajstić information content (AvgIpc) is 2.90. The average molecular weight is 326 g/mol. The van der Waals surface area contributed by atoms with Crippen molar-refractivity contribution in [3.63, 3.8) is 0 Å². The van der Waals surface area contributed by atoms with Crippen LogP contribution in [0.25, 0.3) is 6.08 Å². The van der Waals surface area contributed by atoms with Crippen molar-refractivity contribution in [1.82, 2.24) is 5.32 Å². The minimum Gasteiger partial charge on any atom is -0.508 e. The van der Waals surface area contributed by atoms with Gasteiger partial charge < -0.3 is 15.2 Å². The minimum atomic E-state index is -0.196. The molecule has 0 radical (unpaired) electrons. The number of aromatic hydroxyl groups is 1. The van der Waals surface area contributed by atoms with Gasteiger partial charge in [0, 0.05) is 5.56 Å². The summed E-state index contributed by atoms with van der Waals surface area (Å²) in [6, 6.07) is 13.9. The molecule has 2 aromatic rings. The lowest BCUT2D eigenvalue weighted by Gasteiger charge is -2.03. The predicted octanol–water partition coefficient (Wildman–Crippen LogP) is 3.29. The number of hydrogen-bond acceptors (Lipinski definition) is 5. The number of para-hydroxylation sites is 1. The van der Waals surface area contributed by atoms with E-state index in [1.165, 1.54) is 11.8 Å². The summed E-state index contributed by atoms with van der Waals surface area (Å²) in [5, 5.41) is 12.5. The third kappa shape index (κ3) is 3.54. The molecule has 3 rings (SSSR count). The molecule has 5 nitrogen and oxygen atoms in total. The fourth-order valence-electron chi connectivity index (χ4n) is 2.05. The summed E-state index contributed by atoms with van der Waals surface area (Å²) >= 11 is 1.26. The van der Waals surface area contributed by atoms with Gasteiger partial charge in [0.25, 0.3) is 5.91 Å². The number of phenols is 1. The van der Waals surface area contributed by atoms with E-state index in [1.54, 1.807) is 37.5 Å². The monoisotopic (exact) mass is 326 g/mol. The minimum absolute atomic E-state index is 0.175. The van der Waals surface area contributed by atoms with Crippen molar-refractivity contribution < 1.29 is 14.6 Å². The number of phenolic OH excluding ortho intramolecular Hbond substituents is 1. The van der Waals surface area contributed by atoms with Crippen LogP contribution in [0.4, 0.5) is 5.69 Å². The molecular formula is C17H14N2O3S. The van der Waals surface area contributed by atoms with E-state index in [0.29, 0.717) is 21.5 Å². The standard InChI is InChI=1S/C17H14N2O3S/c1-22-14-5-3-2-4-11(14)10-15-16(21)19-17(23-15)18-12-6-8-13(20)9-7-12/h2-10,20H,1H3,(H,18,19,21)/b15-10-. The molecule has 1 heterocycles. The van der Waals surface area contributed by atoms with Crippen LogP contribution in [0.2, 0.25) is 0 Å². The Bertz CT molecular complexity index is 798. The van der Waals surface area contributed by atoms with Gasteiger partial charge >= 0.3 is 0 Å². The molecule has 0 spiro atoms. The second-order valence-electron chi connectivity index (χ2n) is 4.74. The molecule has 23 heavy (non-hydrogen) atoms. The molecular weight excluding hydrogens is 312 g/mol. The van der Waals surface area contributed by atoms with Crippen molar-refractivity contribution in [2.75, 3.05) is 7.11 Å². The van der Waals surface area contributed by atoms with Crippen molar-refractivity contribution >= 4 is 34.6 Å². The van der Waals surface area contributed by atoms with Crippen LogP contribution < -0.4 is 10.1 Å². The van der Waals surface area contributed by atoms with Gasteiger partial charge in [0.05, 0.1) is 17.7 Å². The van der Waals surface area contributed by atoms with E-state index in [4.69, 9.17) is 4.74 Å². The van der Waals surface area contributed by atoms with E-state index in [2.05, 4.69) is 10.3 Å². The number of methoxy groups -OCH3 is 1. The Morgan fingerprint density at radius 2 is 1.91 bits per heavy atom. The number of carbonyl (C=O) groups is 1. The zero-order valence-electron chi connectivity index (χ0n) is 12.3. The van der Waals surface area contributed by atoms with Crippen LogP contribution in [-0.2, 0) is 4.79 Å². The first-order valence-electron chi connectivity index (χ1n) is 6.87. The van der Waals surface area contributed by atoms with Crippen molar-refractivity contribution in [2.45, 2.75) is 0 Å². The molecule has 0 aliphatic carbocycles. The maximum atomic E-state index is 12.1. The lowest BCUT2D eigenvalue weighted by atomic mass is 10.2. The third-order valence-corrected chi connectivity index (χ3v) is 4.07. The number of thioether (sulfide) groups is 1. The quantitative estimate of drug-likeness (QED) is 0.849. The van der Waals surface area contributed by atoms with Crippen molar-refractivity contribution in [1.29, 1.82) is 0 Å². The molecule has 1 aliphatic heterocycles. The maximum absolute atomic E-state index is 12.1. The third-order valence-electron chi connectivity index (χ3n) is 3.16. The van der Waals surface area contributed by atoms with Gasteiger partial charge in [0.1, 0.15) is 11.5 Å². The normalized spacial score (nSPS) is 17.5. The molecule has 6 heteroatoms. The largest absolute Gasteiger partial charge is 0.508 e. The van der Waals surface area contributed by atoms with E-state index < -0.39 is 0 Å². The number of nitrogens with zero attached hydrogens (tertiary/aromatic N) is 1. The van der Waals surface area contributed by atoms with Crippen LogP contribution in [0.5, 0.6) is 11.5 Å². The summed E-state index contributed by atoms with van der Waals surface area (Å²) in [6.45, 7) is 0. The smallest absolute Gasteiger partial charge is 0.264 e. The molecule has 1 amide bonds. The number of amides is 1. The van der Waals surface area contributed by atoms with E-state index >= 15 is 0 Å². The maximum Gasteiger partial charge on any atom is 0.264 e. The first-order chi connectivity index (χ1) is 11.2. The molecule has 0 saturated carbocycles. The Morgan fingerprint density at radius 1 is 1.17 bits per heavy atom. The lowest BCUT2D eigenvalue weighted by molar-refractivity contribution is -0.115. The molecule has 0 unspecified atom stereocenters. The molecule has 1 aliphatic rings. The summed E-state index contributed by atoms with van der Waals surface area (Å²) in [5.41, 5.74) is 1.49. The molecule has 0 atom stereocenters. The zero-order valence-corrected chi connectivity index (χ0v) is 13.1. The SMILES string of the molecule is COc1ccccc1/C=C1\SC(=Nc2ccc(O)cc2)NC1=O. The number of carbonyl (C=O) groups excluding carboxylic acids is 1. The second-order valence-corrected chi connectivity index (χ2v) is 5.77. The van der Waals surface area contributed by atoms with Crippen molar-refractivity contribution in [3.05, 3.63) is 59.0 Å². The van der Waals surface area contributed by atoms with Gasteiger partial charge in [-0.25, -0.2) is 4.99 Å².